The first kappa shape index (κ1) is 15.1. The van der Waals surface area contributed by atoms with E-state index in [1.54, 1.807) is 6.92 Å². The molecule has 1 aliphatic rings. The number of hydrogen-bond donors (Lipinski definition) is 2. The van der Waals surface area contributed by atoms with Gasteiger partial charge >= 0.3 is 0 Å². The van der Waals surface area contributed by atoms with Crippen LogP contribution in [0.25, 0.3) is 0 Å². The van der Waals surface area contributed by atoms with E-state index in [0.29, 0.717) is 6.61 Å². The lowest BCUT2D eigenvalue weighted by Crippen LogP contribution is -2.36. The Kier molecular flexibility index (Phi) is 4.99. The van der Waals surface area contributed by atoms with E-state index >= 15 is 0 Å². The van der Waals surface area contributed by atoms with Gasteiger partial charge in [0.2, 0.25) is 5.88 Å². The summed E-state index contributed by atoms with van der Waals surface area (Å²) in [7, 11) is 0. The van der Waals surface area contributed by atoms with Crippen molar-refractivity contribution in [1.82, 2.24) is 10.3 Å². The molecule has 1 amide bonds. The van der Waals surface area contributed by atoms with Gasteiger partial charge in [0.05, 0.1) is 12.3 Å². The number of pyridine rings is 1. The number of carbonyl (C=O) groups is 1. The van der Waals surface area contributed by atoms with Gasteiger partial charge in [-0.05, 0) is 25.8 Å². The number of nitrogens with zero attached hydrogens (tertiary/aromatic N) is 2. The lowest BCUT2D eigenvalue weighted by atomic mass is 9.95. The third-order valence-corrected chi connectivity index (χ3v) is 3.58. The molecule has 0 atom stereocenters. The zero-order valence-corrected chi connectivity index (χ0v) is 12.2. The molecule has 6 nitrogen and oxygen atoms in total. The van der Waals surface area contributed by atoms with Gasteiger partial charge in [-0.15, -0.1) is 0 Å². The van der Waals surface area contributed by atoms with Gasteiger partial charge in [-0.25, -0.2) is 4.98 Å². The SMILES string of the molecule is CCOc1nc(C(=O)NC2CCCCC2)cc(N)c1C#N. The number of rotatable bonds is 4. The van der Waals surface area contributed by atoms with Crippen molar-refractivity contribution < 1.29 is 9.53 Å². The van der Waals surface area contributed by atoms with Crippen LogP contribution in [0.5, 0.6) is 5.88 Å². The van der Waals surface area contributed by atoms with Gasteiger partial charge in [0.25, 0.3) is 5.91 Å². The molecule has 0 aromatic carbocycles. The Bertz CT molecular complexity index is 560. The Morgan fingerprint density at radius 1 is 1.52 bits per heavy atom. The van der Waals surface area contributed by atoms with E-state index in [1.807, 2.05) is 6.07 Å². The summed E-state index contributed by atoms with van der Waals surface area (Å²) in [6.07, 6.45) is 5.49. The number of nitrogens with one attached hydrogen (secondary N) is 1. The number of ether oxygens (including phenoxy) is 1. The Labute approximate surface area is 124 Å². The maximum atomic E-state index is 12.3. The lowest BCUT2D eigenvalue weighted by Gasteiger charge is -2.22. The van der Waals surface area contributed by atoms with Crippen LogP contribution >= 0.6 is 0 Å². The molecule has 1 saturated carbocycles. The average molecular weight is 288 g/mol. The van der Waals surface area contributed by atoms with Crippen molar-refractivity contribution >= 4 is 11.6 Å². The van der Waals surface area contributed by atoms with Gasteiger partial charge in [-0.1, -0.05) is 19.3 Å². The molecule has 0 radical (unpaired) electrons. The maximum Gasteiger partial charge on any atom is 0.270 e. The summed E-state index contributed by atoms with van der Waals surface area (Å²) in [5.41, 5.74) is 6.39. The fourth-order valence-electron chi connectivity index (χ4n) is 2.52. The van der Waals surface area contributed by atoms with Gasteiger partial charge in [0.15, 0.2) is 0 Å². The molecule has 0 saturated heterocycles. The monoisotopic (exact) mass is 288 g/mol. The van der Waals surface area contributed by atoms with E-state index in [4.69, 9.17) is 15.7 Å². The standard InChI is InChI=1S/C15H20N4O2/c1-2-21-15-11(9-16)12(17)8-13(19-15)14(20)18-10-6-4-3-5-7-10/h8,10H,2-7H2,1H3,(H2,17,19)(H,18,20). The van der Waals surface area contributed by atoms with Crippen LogP contribution in [0.4, 0.5) is 5.69 Å². The largest absolute Gasteiger partial charge is 0.477 e. The Hall–Kier alpha value is -2.29. The molecule has 0 unspecified atom stereocenters. The zero-order chi connectivity index (χ0) is 15.2. The van der Waals surface area contributed by atoms with E-state index in [0.717, 1.165) is 25.7 Å². The van der Waals surface area contributed by atoms with Crippen molar-refractivity contribution in [1.29, 1.82) is 5.26 Å². The van der Waals surface area contributed by atoms with Crippen LogP contribution < -0.4 is 15.8 Å². The summed E-state index contributed by atoms with van der Waals surface area (Å²) in [6, 6.07) is 3.58. The number of nitrogens with two attached hydrogens (primary N) is 1. The Morgan fingerprint density at radius 3 is 2.86 bits per heavy atom. The third kappa shape index (κ3) is 3.63. The minimum atomic E-state index is -0.265. The summed E-state index contributed by atoms with van der Waals surface area (Å²) in [4.78, 5) is 16.4. The molecule has 0 spiro atoms. The Morgan fingerprint density at radius 2 is 2.24 bits per heavy atom. The molecule has 1 aromatic rings. The summed E-state index contributed by atoms with van der Waals surface area (Å²) < 4.78 is 5.30. The van der Waals surface area contributed by atoms with Crippen molar-refractivity contribution in [3.8, 4) is 11.9 Å². The van der Waals surface area contributed by atoms with E-state index < -0.39 is 0 Å². The third-order valence-electron chi connectivity index (χ3n) is 3.58. The molecule has 1 aliphatic carbocycles. The van der Waals surface area contributed by atoms with Crippen LogP contribution in [-0.2, 0) is 0 Å². The highest BCUT2D eigenvalue weighted by atomic mass is 16.5. The molecular formula is C15H20N4O2. The Balaban J connectivity index is 2.18. The van der Waals surface area contributed by atoms with Crippen molar-refractivity contribution in [2.75, 3.05) is 12.3 Å². The normalized spacial score (nSPS) is 15.2. The molecule has 0 aliphatic heterocycles. The fraction of sp³-hybridized carbons (Fsp3) is 0.533. The van der Waals surface area contributed by atoms with Gasteiger partial charge < -0.3 is 15.8 Å². The van der Waals surface area contributed by atoms with Crippen LogP contribution in [0.1, 0.15) is 55.1 Å². The predicted molar refractivity (Wildman–Crippen MR) is 78.9 cm³/mol. The van der Waals surface area contributed by atoms with Gasteiger partial charge in [0.1, 0.15) is 17.3 Å². The van der Waals surface area contributed by atoms with Gasteiger partial charge in [0, 0.05) is 6.04 Å². The number of amides is 1. The number of anilines is 1. The van der Waals surface area contributed by atoms with E-state index in [1.165, 1.54) is 12.5 Å². The molecule has 0 bridgehead atoms. The molecule has 1 heterocycles. The highest BCUT2D eigenvalue weighted by Gasteiger charge is 2.20. The van der Waals surface area contributed by atoms with Crippen LogP contribution in [0.3, 0.4) is 0 Å². The maximum absolute atomic E-state index is 12.3. The minimum Gasteiger partial charge on any atom is -0.477 e. The average Bonchev–Trinajstić information content (AvgIpc) is 2.48. The number of carbonyl (C=O) groups excluding carboxylic acids is 1. The second-order valence-corrected chi connectivity index (χ2v) is 5.13. The number of nitriles is 1. The molecule has 6 heteroatoms. The summed E-state index contributed by atoms with van der Waals surface area (Å²) in [5.74, 6) is -0.146. The fourth-order valence-corrected chi connectivity index (χ4v) is 2.52. The van der Waals surface area contributed by atoms with Gasteiger partial charge in [-0.3, -0.25) is 4.79 Å². The summed E-state index contributed by atoms with van der Waals surface area (Å²) in [6.45, 7) is 2.14. The second kappa shape index (κ2) is 6.93. The first-order valence-electron chi connectivity index (χ1n) is 7.30. The molecule has 3 N–H and O–H groups in total. The molecule has 2 rings (SSSR count). The first-order valence-corrected chi connectivity index (χ1v) is 7.30. The van der Waals surface area contributed by atoms with E-state index in [2.05, 4.69) is 10.3 Å². The molecule has 21 heavy (non-hydrogen) atoms. The van der Waals surface area contributed by atoms with Crippen LogP contribution in [0, 0.1) is 11.3 Å². The van der Waals surface area contributed by atoms with Crippen LogP contribution in [0.15, 0.2) is 6.07 Å². The second-order valence-electron chi connectivity index (χ2n) is 5.13. The van der Waals surface area contributed by atoms with Crippen molar-refractivity contribution in [2.24, 2.45) is 0 Å². The van der Waals surface area contributed by atoms with Crippen molar-refractivity contribution in [3.63, 3.8) is 0 Å². The number of hydrogen-bond acceptors (Lipinski definition) is 5. The number of nitrogen functional groups attached to an aromatic ring is 1. The van der Waals surface area contributed by atoms with Gasteiger partial charge in [-0.2, -0.15) is 5.26 Å². The minimum absolute atomic E-state index is 0.119. The van der Waals surface area contributed by atoms with E-state index in [9.17, 15) is 4.79 Å². The molecule has 1 aromatic heterocycles. The number of aromatic nitrogens is 1. The highest BCUT2D eigenvalue weighted by molar-refractivity contribution is 5.94. The summed E-state index contributed by atoms with van der Waals surface area (Å²) in [5, 5.41) is 12.0. The smallest absolute Gasteiger partial charge is 0.270 e. The predicted octanol–water partition coefficient (Wildman–Crippen LogP) is 2.00. The lowest BCUT2D eigenvalue weighted by molar-refractivity contribution is 0.0921. The van der Waals surface area contributed by atoms with Crippen LogP contribution in [0.2, 0.25) is 0 Å². The highest BCUT2D eigenvalue weighted by Crippen LogP contribution is 2.23. The summed E-state index contributed by atoms with van der Waals surface area (Å²) >= 11 is 0. The van der Waals surface area contributed by atoms with Crippen molar-refractivity contribution in [2.45, 2.75) is 45.1 Å². The zero-order valence-electron chi connectivity index (χ0n) is 12.2. The van der Waals surface area contributed by atoms with Crippen LogP contribution in [-0.4, -0.2) is 23.5 Å². The van der Waals surface area contributed by atoms with E-state index in [-0.39, 0.29) is 34.8 Å². The molecule has 112 valence electrons. The quantitative estimate of drug-likeness (QED) is 0.882. The molecular weight excluding hydrogens is 268 g/mol. The molecule has 1 fully saturated rings. The van der Waals surface area contributed by atoms with Crippen molar-refractivity contribution in [3.05, 3.63) is 17.3 Å². The topological polar surface area (TPSA) is 101 Å². The first-order chi connectivity index (χ1) is 10.2.